The van der Waals surface area contributed by atoms with E-state index in [1.165, 1.54) is 25.3 Å². The molecule has 1 unspecified atom stereocenters. The molecule has 0 aromatic heterocycles. The van der Waals surface area contributed by atoms with E-state index < -0.39 is 10.0 Å². The van der Waals surface area contributed by atoms with Gasteiger partial charge in [0.2, 0.25) is 10.0 Å². The molecule has 1 aliphatic heterocycles. The minimum absolute atomic E-state index is 0. The van der Waals surface area contributed by atoms with E-state index in [2.05, 4.69) is 10.0 Å². The van der Waals surface area contributed by atoms with Crippen molar-refractivity contribution in [1.29, 1.82) is 5.26 Å². The number of nitrogens with one attached hydrogen (secondary N) is 2. The van der Waals surface area contributed by atoms with Crippen molar-refractivity contribution in [2.45, 2.75) is 24.2 Å². The molecule has 1 saturated heterocycles. The first-order valence-corrected chi connectivity index (χ1v) is 8.83. The number of halogens is 1. The quantitative estimate of drug-likeness (QED) is 0.806. The average Bonchev–Trinajstić information content (AvgIpc) is 2.55. The lowest BCUT2D eigenvalue weighted by Gasteiger charge is -2.22. The van der Waals surface area contributed by atoms with Crippen LogP contribution in [0.3, 0.4) is 0 Å². The Bertz CT molecular complexity index is 652. The fraction of sp³-hybridized carbons (Fsp3) is 0.533. The van der Waals surface area contributed by atoms with Gasteiger partial charge in [0.05, 0.1) is 18.7 Å². The van der Waals surface area contributed by atoms with Gasteiger partial charge in [-0.05, 0) is 56.5 Å². The molecule has 0 saturated carbocycles. The molecule has 0 bridgehead atoms. The van der Waals surface area contributed by atoms with Crippen LogP contribution in [-0.4, -0.2) is 35.2 Å². The second-order valence-electron chi connectivity index (χ2n) is 5.38. The van der Waals surface area contributed by atoms with Crippen molar-refractivity contribution in [2.75, 3.05) is 26.7 Å². The van der Waals surface area contributed by atoms with E-state index in [1.807, 2.05) is 6.07 Å². The number of sulfonamides is 1. The molecule has 8 heteroatoms. The molecule has 1 atom stereocenters. The van der Waals surface area contributed by atoms with Crippen LogP contribution in [0.5, 0.6) is 5.75 Å². The van der Waals surface area contributed by atoms with Crippen LogP contribution in [0.4, 0.5) is 0 Å². The van der Waals surface area contributed by atoms with E-state index in [9.17, 15) is 8.42 Å². The first-order valence-electron chi connectivity index (χ1n) is 7.35. The van der Waals surface area contributed by atoms with Gasteiger partial charge in [-0.25, -0.2) is 13.1 Å². The van der Waals surface area contributed by atoms with Crippen LogP contribution >= 0.6 is 12.4 Å². The highest BCUT2D eigenvalue weighted by molar-refractivity contribution is 7.89. The van der Waals surface area contributed by atoms with Gasteiger partial charge in [-0.15, -0.1) is 12.4 Å². The van der Waals surface area contributed by atoms with Crippen LogP contribution in [0, 0.1) is 17.2 Å². The summed E-state index contributed by atoms with van der Waals surface area (Å²) in [4.78, 5) is 0.0655. The lowest BCUT2D eigenvalue weighted by atomic mass is 9.96. The molecule has 1 fully saturated rings. The highest BCUT2D eigenvalue weighted by Crippen LogP contribution is 2.24. The van der Waals surface area contributed by atoms with Crippen LogP contribution in [0.25, 0.3) is 0 Å². The smallest absolute Gasteiger partial charge is 0.244 e. The molecule has 128 valence electrons. The highest BCUT2D eigenvalue weighted by Gasteiger charge is 2.20. The van der Waals surface area contributed by atoms with Crippen LogP contribution in [0.1, 0.15) is 24.8 Å². The van der Waals surface area contributed by atoms with Crippen molar-refractivity contribution < 1.29 is 13.2 Å². The van der Waals surface area contributed by atoms with Crippen molar-refractivity contribution in [3.05, 3.63) is 23.8 Å². The fourth-order valence-electron chi connectivity index (χ4n) is 2.60. The fourth-order valence-corrected chi connectivity index (χ4v) is 3.80. The molecule has 2 rings (SSSR count). The zero-order valence-electron chi connectivity index (χ0n) is 13.0. The van der Waals surface area contributed by atoms with Gasteiger partial charge in [0.25, 0.3) is 0 Å². The minimum atomic E-state index is -3.63. The van der Waals surface area contributed by atoms with E-state index in [4.69, 9.17) is 10.00 Å². The molecular formula is C15H22ClN3O3S. The Balaban J connectivity index is 0.00000264. The van der Waals surface area contributed by atoms with Crippen LogP contribution in [0.15, 0.2) is 23.1 Å². The third-order valence-electron chi connectivity index (χ3n) is 3.83. The molecule has 0 radical (unpaired) electrons. The van der Waals surface area contributed by atoms with E-state index >= 15 is 0 Å². The molecule has 2 N–H and O–H groups in total. The highest BCUT2D eigenvalue weighted by atomic mass is 35.5. The van der Waals surface area contributed by atoms with Crippen LogP contribution in [0.2, 0.25) is 0 Å². The molecule has 1 heterocycles. The number of methoxy groups -OCH3 is 1. The van der Waals surface area contributed by atoms with Crippen molar-refractivity contribution in [2.24, 2.45) is 5.92 Å². The molecule has 6 nitrogen and oxygen atoms in total. The van der Waals surface area contributed by atoms with Crippen molar-refractivity contribution >= 4 is 22.4 Å². The summed E-state index contributed by atoms with van der Waals surface area (Å²) >= 11 is 0. The summed E-state index contributed by atoms with van der Waals surface area (Å²) in [5, 5.41) is 12.2. The van der Waals surface area contributed by atoms with E-state index in [0.29, 0.717) is 18.0 Å². The minimum Gasteiger partial charge on any atom is -0.495 e. The van der Waals surface area contributed by atoms with Gasteiger partial charge in [0, 0.05) is 6.54 Å². The monoisotopic (exact) mass is 359 g/mol. The summed E-state index contributed by atoms with van der Waals surface area (Å²) < 4.78 is 32.4. The van der Waals surface area contributed by atoms with Crippen molar-refractivity contribution in [3.8, 4) is 11.8 Å². The summed E-state index contributed by atoms with van der Waals surface area (Å²) in [5.41, 5.74) is 0.365. The number of benzene rings is 1. The van der Waals surface area contributed by atoms with E-state index in [0.717, 1.165) is 32.4 Å². The second kappa shape index (κ2) is 9.08. The van der Waals surface area contributed by atoms with Gasteiger partial charge in [-0.2, -0.15) is 5.26 Å². The van der Waals surface area contributed by atoms with Gasteiger partial charge >= 0.3 is 0 Å². The first-order chi connectivity index (χ1) is 10.6. The average molecular weight is 360 g/mol. The van der Waals surface area contributed by atoms with Crippen molar-refractivity contribution in [3.63, 3.8) is 0 Å². The predicted octanol–water partition coefficient (Wildman–Crippen LogP) is 1.66. The SMILES string of the molecule is COc1cc(C#N)ccc1S(=O)(=O)NCCC1CCCNC1.Cl. The van der Waals surface area contributed by atoms with E-state index in [-0.39, 0.29) is 23.1 Å². The Morgan fingerprint density at radius 3 is 2.87 bits per heavy atom. The number of ether oxygens (including phenoxy) is 1. The Morgan fingerprint density at radius 2 is 2.26 bits per heavy atom. The number of hydrogen-bond donors (Lipinski definition) is 2. The third-order valence-corrected chi connectivity index (χ3v) is 5.33. The third kappa shape index (κ3) is 5.36. The molecule has 1 aromatic rings. The summed E-state index contributed by atoms with van der Waals surface area (Å²) in [6.07, 6.45) is 3.08. The number of nitrogens with zero attached hydrogens (tertiary/aromatic N) is 1. The maximum absolute atomic E-state index is 12.4. The molecule has 1 aliphatic rings. The molecular weight excluding hydrogens is 338 g/mol. The zero-order valence-corrected chi connectivity index (χ0v) is 14.7. The molecule has 0 aliphatic carbocycles. The molecule has 0 amide bonds. The summed E-state index contributed by atoms with van der Waals surface area (Å²) in [5.74, 6) is 0.699. The van der Waals surface area contributed by atoms with Crippen molar-refractivity contribution in [1.82, 2.24) is 10.0 Å². The molecule has 0 spiro atoms. The van der Waals surface area contributed by atoms with Gasteiger partial charge in [0.1, 0.15) is 10.6 Å². The van der Waals surface area contributed by atoms with Gasteiger partial charge < -0.3 is 10.1 Å². The predicted molar refractivity (Wildman–Crippen MR) is 90.4 cm³/mol. The Labute approximate surface area is 143 Å². The first kappa shape index (κ1) is 19.7. The lowest BCUT2D eigenvalue weighted by molar-refractivity contribution is 0.358. The number of nitriles is 1. The Hall–Kier alpha value is -1.33. The maximum atomic E-state index is 12.4. The second-order valence-corrected chi connectivity index (χ2v) is 7.11. The molecule has 1 aromatic carbocycles. The topological polar surface area (TPSA) is 91.2 Å². The largest absolute Gasteiger partial charge is 0.495 e. The number of rotatable bonds is 6. The van der Waals surface area contributed by atoms with Gasteiger partial charge in [-0.1, -0.05) is 0 Å². The van der Waals surface area contributed by atoms with Gasteiger partial charge in [-0.3, -0.25) is 0 Å². The Morgan fingerprint density at radius 1 is 1.48 bits per heavy atom. The summed E-state index contributed by atoms with van der Waals surface area (Å²) in [7, 11) is -2.24. The maximum Gasteiger partial charge on any atom is 0.244 e. The summed E-state index contributed by atoms with van der Waals surface area (Å²) in [6, 6.07) is 6.27. The lowest BCUT2D eigenvalue weighted by Crippen LogP contribution is -2.33. The zero-order chi connectivity index (χ0) is 16.0. The normalized spacial score (nSPS) is 17.8. The number of piperidine rings is 1. The van der Waals surface area contributed by atoms with Gasteiger partial charge in [0.15, 0.2) is 0 Å². The standard InChI is InChI=1S/C15H21N3O3S.ClH/c1-21-14-9-13(10-16)4-5-15(14)22(19,20)18-8-6-12-3-2-7-17-11-12;/h4-5,9,12,17-18H,2-3,6-8,11H2,1H3;1H. The Kier molecular flexibility index (Phi) is 7.79. The number of hydrogen-bond acceptors (Lipinski definition) is 5. The van der Waals surface area contributed by atoms with Crippen LogP contribution in [-0.2, 0) is 10.0 Å². The summed E-state index contributed by atoms with van der Waals surface area (Å²) in [6.45, 7) is 2.39. The van der Waals surface area contributed by atoms with E-state index in [1.54, 1.807) is 0 Å². The van der Waals surface area contributed by atoms with Crippen LogP contribution < -0.4 is 14.8 Å². The molecule has 23 heavy (non-hydrogen) atoms.